The zero-order valence-corrected chi connectivity index (χ0v) is 25.2. The van der Waals surface area contributed by atoms with Crippen molar-refractivity contribution in [2.45, 2.75) is 70.8 Å². The molecular weight excluding hydrogens is 534 g/mol. The number of aryl methyl sites for hydroxylation is 1. The molecule has 2 aliphatic carbocycles. The van der Waals surface area contributed by atoms with Crippen LogP contribution in [-0.4, -0.2) is 46.2 Å². The van der Waals surface area contributed by atoms with Gasteiger partial charge in [-0.15, -0.1) is 0 Å². The van der Waals surface area contributed by atoms with Gasteiger partial charge in [-0.3, -0.25) is 14.4 Å². The van der Waals surface area contributed by atoms with E-state index in [4.69, 9.17) is 14.2 Å². The molecule has 1 atom stereocenters. The van der Waals surface area contributed by atoms with Crippen LogP contribution >= 0.6 is 0 Å². The lowest BCUT2D eigenvalue weighted by Gasteiger charge is -2.19. The van der Waals surface area contributed by atoms with Crippen molar-refractivity contribution in [2.75, 3.05) is 39.7 Å². The predicted octanol–water partition coefficient (Wildman–Crippen LogP) is 5.06. The van der Waals surface area contributed by atoms with Gasteiger partial charge in [-0.2, -0.15) is 0 Å². The van der Waals surface area contributed by atoms with Gasteiger partial charge in [-0.25, -0.2) is 0 Å². The van der Waals surface area contributed by atoms with E-state index in [1.165, 1.54) is 25.3 Å². The van der Waals surface area contributed by atoms with Crippen LogP contribution < -0.4 is 35.6 Å². The van der Waals surface area contributed by atoms with E-state index in [0.717, 1.165) is 36.0 Å². The lowest BCUT2D eigenvalue weighted by molar-refractivity contribution is -0.121. The van der Waals surface area contributed by atoms with E-state index < -0.39 is 0 Å². The zero-order valence-electron chi connectivity index (χ0n) is 25.2. The van der Waals surface area contributed by atoms with Gasteiger partial charge < -0.3 is 30.2 Å². The van der Waals surface area contributed by atoms with Crippen LogP contribution in [0.15, 0.2) is 40.7 Å². The summed E-state index contributed by atoms with van der Waals surface area (Å²) in [5, 5.41) is 9.25. The molecule has 0 saturated carbocycles. The van der Waals surface area contributed by atoms with Crippen molar-refractivity contribution in [1.82, 2.24) is 10.6 Å². The molecule has 4 rings (SSSR count). The van der Waals surface area contributed by atoms with Gasteiger partial charge in [-0.05, 0) is 86.3 Å². The van der Waals surface area contributed by atoms with Crippen molar-refractivity contribution >= 4 is 17.5 Å². The summed E-state index contributed by atoms with van der Waals surface area (Å²) in [4.78, 5) is 37.9. The number of carbonyl (C=O) groups excluding carboxylic acids is 2. The second-order valence-electron chi connectivity index (χ2n) is 10.8. The summed E-state index contributed by atoms with van der Waals surface area (Å²) in [6.45, 7) is 2.62. The fraction of sp³-hybridized carbons (Fsp3) is 0.485. The molecule has 2 aliphatic rings. The van der Waals surface area contributed by atoms with Gasteiger partial charge >= 0.3 is 0 Å². The van der Waals surface area contributed by atoms with Crippen LogP contribution in [-0.2, 0) is 16.0 Å². The quantitative estimate of drug-likeness (QED) is 0.239. The number of rotatable bonds is 12. The van der Waals surface area contributed by atoms with Crippen LogP contribution in [0.2, 0.25) is 0 Å². The minimum atomic E-state index is -0.368. The van der Waals surface area contributed by atoms with Crippen molar-refractivity contribution in [3.63, 3.8) is 0 Å². The second-order valence-corrected chi connectivity index (χ2v) is 10.8. The van der Waals surface area contributed by atoms with Crippen LogP contribution in [0.25, 0.3) is 11.1 Å². The maximum absolute atomic E-state index is 13.4. The maximum atomic E-state index is 13.4. The molecule has 1 unspecified atom stereocenters. The number of allylic oxidation sites excluding steroid dienone is 1. The number of fused-ring (bicyclic) bond motifs is 3. The molecule has 0 fully saturated rings. The highest BCUT2D eigenvalue weighted by molar-refractivity contribution is 5.83. The molecule has 226 valence electrons. The number of hydrogen-bond donors (Lipinski definition) is 3. The van der Waals surface area contributed by atoms with Crippen LogP contribution in [0, 0.1) is 0 Å². The summed E-state index contributed by atoms with van der Waals surface area (Å²) >= 11 is 0. The molecule has 9 heteroatoms. The molecule has 9 nitrogen and oxygen atoms in total. The molecular formula is C33H43N3O6. The van der Waals surface area contributed by atoms with E-state index >= 15 is 0 Å². The highest BCUT2D eigenvalue weighted by Gasteiger charge is 2.29. The number of hydrogen-bond acceptors (Lipinski definition) is 7. The number of anilines is 1. The topological polar surface area (TPSA) is 115 Å². The molecule has 0 bridgehead atoms. The highest BCUT2D eigenvalue weighted by atomic mass is 16.5. The third-order valence-electron chi connectivity index (χ3n) is 7.97. The van der Waals surface area contributed by atoms with Crippen LogP contribution in [0.3, 0.4) is 0 Å². The van der Waals surface area contributed by atoms with Crippen LogP contribution in [0.1, 0.15) is 75.5 Å². The van der Waals surface area contributed by atoms with Gasteiger partial charge in [0.25, 0.3) is 0 Å². The van der Waals surface area contributed by atoms with E-state index in [0.29, 0.717) is 67.3 Å². The summed E-state index contributed by atoms with van der Waals surface area (Å²) < 4.78 is 17.1. The molecule has 2 aromatic carbocycles. The number of carbonyl (C=O) groups is 2. The Labute approximate surface area is 248 Å². The first-order valence-corrected chi connectivity index (χ1v) is 14.8. The molecule has 0 radical (unpaired) electrons. The number of methoxy groups -OCH3 is 3. The smallest absolute Gasteiger partial charge is 0.220 e. The lowest BCUT2D eigenvalue weighted by atomic mass is 9.95. The number of nitrogens with one attached hydrogen (secondary N) is 3. The largest absolute Gasteiger partial charge is 0.493 e. The molecule has 0 heterocycles. The monoisotopic (exact) mass is 577 g/mol. The first-order valence-electron chi connectivity index (χ1n) is 14.8. The first kappa shape index (κ1) is 30.9. The van der Waals surface area contributed by atoms with Crippen LogP contribution in [0.5, 0.6) is 17.2 Å². The summed E-state index contributed by atoms with van der Waals surface area (Å²) in [5.41, 5.74) is 4.93. The molecule has 0 aliphatic heterocycles. The minimum absolute atomic E-state index is 0.0205. The van der Waals surface area contributed by atoms with Gasteiger partial charge in [0.2, 0.25) is 23.0 Å². The van der Waals surface area contributed by atoms with Gasteiger partial charge in [0.05, 0.1) is 33.1 Å². The Bertz CT molecular complexity index is 1390. The Morgan fingerprint density at radius 3 is 2.48 bits per heavy atom. The number of ether oxygens (including phenoxy) is 3. The van der Waals surface area contributed by atoms with Gasteiger partial charge in [-0.1, -0.05) is 17.7 Å². The first-order chi connectivity index (χ1) is 20.4. The maximum Gasteiger partial charge on any atom is 0.220 e. The Balaban J connectivity index is 1.54. The fourth-order valence-electron chi connectivity index (χ4n) is 5.91. The third kappa shape index (κ3) is 7.43. The molecule has 42 heavy (non-hydrogen) atoms. The molecule has 0 aromatic heterocycles. The summed E-state index contributed by atoms with van der Waals surface area (Å²) in [5.74, 6) is 1.37. The molecule has 0 saturated heterocycles. The minimum Gasteiger partial charge on any atom is -0.493 e. The Hall–Kier alpha value is -4.01. The molecule has 3 N–H and O–H groups in total. The molecule has 0 spiro atoms. The van der Waals surface area contributed by atoms with Crippen molar-refractivity contribution in [2.24, 2.45) is 0 Å². The standard InChI is InChI=1S/C33H43N3O6/c1-21(37)36-26-14-12-23-19-29(40-2)32(41-3)33(42-4)31(23)24-13-15-27(28(38)20-25(24)26)34-17-8-11-30(39)35-18-16-22-9-6-5-7-10-22/h9,13,15,19-20,26H,5-8,10-12,14,16-18H2,1-4H3,(H,34,38)(H,35,39)(H,36,37). The van der Waals surface area contributed by atoms with E-state index in [1.807, 2.05) is 12.1 Å². The fourth-order valence-corrected chi connectivity index (χ4v) is 5.91. The molecule has 2 amide bonds. The average Bonchev–Trinajstić information content (AvgIpc) is 3.23. The van der Waals surface area contributed by atoms with E-state index in [1.54, 1.807) is 33.5 Å². The van der Waals surface area contributed by atoms with Gasteiger partial charge in [0, 0.05) is 32.0 Å². The summed E-state index contributed by atoms with van der Waals surface area (Å²) in [6, 6.07) is 6.80. The summed E-state index contributed by atoms with van der Waals surface area (Å²) in [6.07, 6.45) is 10.2. The van der Waals surface area contributed by atoms with Gasteiger partial charge in [0.15, 0.2) is 11.5 Å². The van der Waals surface area contributed by atoms with E-state index in [-0.39, 0.29) is 23.3 Å². The van der Waals surface area contributed by atoms with Crippen molar-refractivity contribution in [3.05, 3.63) is 57.3 Å². The lowest BCUT2D eigenvalue weighted by Crippen LogP contribution is -2.26. The average molecular weight is 578 g/mol. The van der Waals surface area contributed by atoms with E-state index in [2.05, 4.69) is 22.0 Å². The summed E-state index contributed by atoms with van der Waals surface area (Å²) in [7, 11) is 4.71. The Kier molecular flexibility index (Phi) is 10.9. The Morgan fingerprint density at radius 1 is 0.976 bits per heavy atom. The van der Waals surface area contributed by atoms with Crippen molar-refractivity contribution in [1.29, 1.82) is 0 Å². The van der Waals surface area contributed by atoms with Crippen molar-refractivity contribution < 1.29 is 23.8 Å². The SMILES string of the molecule is COc1cc2c(c(OC)c1OC)-c1ccc(NCCCC(=O)NCCC3=CCCCC3)c(=O)cc1C(NC(C)=O)CC2. The Morgan fingerprint density at radius 2 is 1.79 bits per heavy atom. The van der Waals surface area contributed by atoms with Crippen molar-refractivity contribution in [3.8, 4) is 28.4 Å². The third-order valence-corrected chi connectivity index (χ3v) is 7.97. The zero-order chi connectivity index (χ0) is 30.1. The highest BCUT2D eigenvalue weighted by Crippen LogP contribution is 2.50. The second kappa shape index (κ2) is 14.8. The van der Waals surface area contributed by atoms with Crippen LogP contribution in [0.4, 0.5) is 5.69 Å². The van der Waals surface area contributed by atoms with E-state index in [9.17, 15) is 14.4 Å². The number of amides is 2. The normalized spacial score (nSPS) is 15.7. The predicted molar refractivity (Wildman–Crippen MR) is 165 cm³/mol. The number of benzene rings is 1. The molecule has 2 aromatic rings. The van der Waals surface area contributed by atoms with Gasteiger partial charge in [0.1, 0.15) is 0 Å².